The molecule has 9 nitrogen and oxygen atoms in total. The van der Waals surface area contributed by atoms with Gasteiger partial charge in [-0.1, -0.05) is 23.7 Å². The first-order chi connectivity index (χ1) is 16.3. The van der Waals surface area contributed by atoms with Crippen molar-refractivity contribution in [2.75, 3.05) is 37.6 Å². The molecule has 1 aromatic carbocycles. The van der Waals surface area contributed by atoms with Crippen molar-refractivity contribution >= 4 is 35.3 Å². The average Bonchev–Trinajstić information content (AvgIpc) is 3.27. The van der Waals surface area contributed by atoms with E-state index in [0.29, 0.717) is 49.6 Å². The van der Waals surface area contributed by atoms with Gasteiger partial charge in [0.25, 0.3) is 0 Å². The fourth-order valence-electron chi connectivity index (χ4n) is 4.90. The lowest BCUT2D eigenvalue weighted by molar-refractivity contribution is -0.135. The van der Waals surface area contributed by atoms with Crippen molar-refractivity contribution in [3.8, 4) is 0 Å². The van der Waals surface area contributed by atoms with E-state index in [2.05, 4.69) is 15.2 Å². The van der Waals surface area contributed by atoms with Crippen LogP contribution in [-0.4, -0.2) is 65.6 Å². The Bertz CT molecular complexity index is 1040. The number of halogens is 1. The number of hydrogen-bond acceptors (Lipinski definition) is 5. The first kappa shape index (κ1) is 23.8. The van der Waals surface area contributed by atoms with Gasteiger partial charge in [0.2, 0.25) is 11.8 Å². The summed E-state index contributed by atoms with van der Waals surface area (Å²) >= 11 is 6.03. The van der Waals surface area contributed by atoms with Crippen molar-refractivity contribution in [3.63, 3.8) is 0 Å². The maximum atomic E-state index is 13.4. The summed E-state index contributed by atoms with van der Waals surface area (Å²) in [6.45, 7) is 2.75. The van der Waals surface area contributed by atoms with Gasteiger partial charge in [-0.2, -0.15) is 0 Å². The Hall–Kier alpha value is -3.33. The molecule has 0 aliphatic carbocycles. The number of primary amides is 1. The molecule has 4 N–H and O–H groups in total. The van der Waals surface area contributed by atoms with Crippen LogP contribution in [0, 0.1) is 11.8 Å². The molecule has 0 unspecified atom stereocenters. The van der Waals surface area contributed by atoms with E-state index in [4.69, 9.17) is 22.4 Å². The molecule has 2 aliphatic heterocycles. The van der Waals surface area contributed by atoms with Gasteiger partial charge in [-0.15, -0.1) is 0 Å². The van der Waals surface area contributed by atoms with Crippen LogP contribution in [0.5, 0.6) is 0 Å². The summed E-state index contributed by atoms with van der Waals surface area (Å²) in [4.78, 5) is 44.0. The first-order valence-corrected chi connectivity index (χ1v) is 11.7. The van der Waals surface area contributed by atoms with Crippen LogP contribution in [0.15, 0.2) is 42.6 Å². The molecule has 0 spiro atoms. The van der Waals surface area contributed by atoms with Crippen LogP contribution in [0.1, 0.15) is 34.7 Å². The summed E-state index contributed by atoms with van der Waals surface area (Å²) in [6, 6.07) is 11.0. The average molecular weight is 486 g/mol. The second-order valence-corrected chi connectivity index (χ2v) is 9.31. The zero-order chi connectivity index (χ0) is 24.2. The van der Waals surface area contributed by atoms with E-state index in [-0.39, 0.29) is 30.2 Å². The molecule has 2 aromatic rings. The van der Waals surface area contributed by atoms with Gasteiger partial charge in [0.15, 0.2) is 0 Å². The third kappa shape index (κ3) is 5.41. The van der Waals surface area contributed by atoms with Crippen LogP contribution in [0.25, 0.3) is 0 Å². The maximum absolute atomic E-state index is 13.4. The van der Waals surface area contributed by atoms with Gasteiger partial charge in [0.05, 0.1) is 5.56 Å². The van der Waals surface area contributed by atoms with Gasteiger partial charge in [-0.05, 0) is 42.7 Å². The van der Waals surface area contributed by atoms with Crippen LogP contribution >= 0.6 is 11.6 Å². The zero-order valence-corrected chi connectivity index (χ0v) is 19.4. The zero-order valence-electron chi connectivity index (χ0n) is 18.7. The quantitative estimate of drug-likeness (QED) is 0.576. The minimum atomic E-state index is -1.07. The van der Waals surface area contributed by atoms with Crippen molar-refractivity contribution < 1.29 is 19.5 Å². The fourth-order valence-corrected chi connectivity index (χ4v) is 5.02. The lowest BCUT2D eigenvalue weighted by Gasteiger charge is -2.34. The SMILES string of the molecule is NC(=O)c1ccc(N2CCC(C(=O)N3C[C@H](CNC(=O)O)[C@H](c4ccc(Cl)cc4)C3)CC2)nc1. The number of piperidine rings is 1. The highest BCUT2D eigenvalue weighted by molar-refractivity contribution is 6.30. The summed E-state index contributed by atoms with van der Waals surface area (Å²) in [6.07, 6.45) is 1.82. The van der Waals surface area contributed by atoms with E-state index >= 15 is 0 Å². The Morgan fingerprint density at radius 2 is 1.79 bits per heavy atom. The Kier molecular flexibility index (Phi) is 7.21. The maximum Gasteiger partial charge on any atom is 0.404 e. The van der Waals surface area contributed by atoms with Gasteiger partial charge in [0, 0.05) is 61.7 Å². The highest BCUT2D eigenvalue weighted by Gasteiger charge is 2.39. The standard InChI is InChI=1S/C24H28ClN5O4/c25-19-4-1-15(2-5-19)20-14-30(13-18(20)12-28-24(33)34)23(32)16-7-9-29(10-8-16)21-6-3-17(11-27-21)22(26)31/h1-6,11,16,18,20,28H,7-10,12-14H2,(H2,26,31)(H,33,34)/t18-,20-/m0/s1. The number of pyridine rings is 1. The van der Waals surface area contributed by atoms with Crippen molar-refractivity contribution in [3.05, 3.63) is 58.7 Å². The number of hydrogen-bond donors (Lipinski definition) is 3. The molecule has 0 radical (unpaired) electrons. The minimum absolute atomic E-state index is 0.00529. The number of likely N-dealkylation sites (tertiary alicyclic amines) is 1. The molecule has 180 valence electrons. The summed E-state index contributed by atoms with van der Waals surface area (Å²) < 4.78 is 0. The van der Waals surface area contributed by atoms with E-state index in [9.17, 15) is 14.4 Å². The molecule has 0 saturated carbocycles. The van der Waals surface area contributed by atoms with Crippen molar-refractivity contribution in [1.29, 1.82) is 0 Å². The molecule has 2 atom stereocenters. The van der Waals surface area contributed by atoms with Crippen molar-refractivity contribution in [2.45, 2.75) is 18.8 Å². The molecular formula is C24H28ClN5O4. The van der Waals surface area contributed by atoms with Crippen LogP contribution in [0.3, 0.4) is 0 Å². The van der Waals surface area contributed by atoms with E-state index < -0.39 is 12.0 Å². The first-order valence-electron chi connectivity index (χ1n) is 11.3. The Morgan fingerprint density at radius 3 is 2.38 bits per heavy atom. The number of anilines is 1. The molecule has 3 amide bonds. The molecule has 2 aliphatic rings. The predicted molar refractivity (Wildman–Crippen MR) is 128 cm³/mol. The molecule has 0 bridgehead atoms. The molecule has 4 rings (SSSR count). The Labute approximate surface area is 202 Å². The van der Waals surface area contributed by atoms with E-state index in [0.717, 1.165) is 11.4 Å². The van der Waals surface area contributed by atoms with E-state index in [1.807, 2.05) is 29.2 Å². The number of nitrogens with zero attached hydrogens (tertiary/aromatic N) is 3. The molecule has 3 heterocycles. The molecular weight excluding hydrogens is 458 g/mol. The number of amides is 3. The molecule has 34 heavy (non-hydrogen) atoms. The number of nitrogens with one attached hydrogen (secondary N) is 1. The predicted octanol–water partition coefficient (Wildman–Crippen LogP) is 2.56. The van der Waals surface area contributed by atoms with Crippen molar-refractivity contribution in [2.24, 2.45) is 17.6 Å². The number of benzene rings is 1. The molecule has 10 heteroatoms. The highest BCUT2D eigenvalue weighted by Crippen LogP contribution is 2.35. The van der Waals surface area contributed by atoms with Gasteiger partial charge >= 0.3 is 6.09 Å². The second kappa shape index (κ2) is 10.3. The van der Waals surface area contributed by atoms with Crippen LogP contribution in [-0.2, 0) is 4.79 Å². The number of nitrogens with two attached hydrogens (primary N) is 1. The Balaban J connectivity index is 1.38. The summed E-state index contributed by atoms with van der Waals surface area (Å²) in [7, 11) is 0. The molecule has 2 saturated heterocycles. The van der Waals surface area contributed by atoms with Crippen LogP contribution in [0.2, 0.25) is 5.02 Å². The summed E-state index contributed by atoms with van der Waals surface area (Å²) in [5, 5.41) is 12.2. The van der Waals surface area contributed by atoms with E-state index in [1.54, 1.807) is 12.1 Å². The second-order valence-electron chi connectivity index (χ2n) is 8.88. The largest absolute Gasteiger partial charge is 0.465 e. The smallest absolute Gasteiger partial charge is 0.404 e. The third-order valence-corrected chi connectivity index (χ3v) is 7.02. The number of carbonyl (C=O) groups excluding carboxylic acids is 2. The monoisotopic (exact) mass is 485 g/mol. The number of carbonyl (C=O) groups is 3. The van der Waals surface area contributed by atoms with Gasteiger partial charge in [-0.3, -0.25) is 9.59 Å². The summed E-state index contributed by atoms with van der Waals surface area (Å²) in [5.74, 6) is 0.324. The lowest BCUT2D eigenvalue weighted by atomic mass is 9.89. The highest BCUT2D eigenvalue weighted by atomic mass is 35.5. The third-order valence-electron chi connectivity index (χ3n) is 6.77. The Morgan fingerprint density at radius 1 is 1.09 bits per heavy atom. The fraction of sp³-hybridized carbons (Fsp3) is 0.417. The van der Waals surface area contributed by atoms with Gasteiger partial charge in [0.1, 0.15) is 5.82 Å². The molecule has 1 aromatic heterocycles. The van der Waals surface area contributed by atoms with Crippen molar-refractivity contribution in [1.82, 2.24) is 15.2 Å². The number of carboxylic acid groups (broad SMARTS) is 1. The van der Waals surface area contributed by atoms with Gasteiger partial charge < -0.3 is 26.0 Å². The topological polar surface area (TPSA) is 129 Å². The minimum Gasteiger partial charge on any atom is -0.465 e. The van der Waals surface area contributed by atoms with Crippen LogP contribution in [0.4, 0.5) is 10.6 Å². The lowest BCUT2D eigenvalue weighted by Crippen LogP contribution is -2.42. The number of rotatable bonds is 6. The number of aromatic nitrogens is 1. The summed E-state index contributed by atoms with van der Waals surface area (Å²) in [5.41, 5.74) is 6.70. The van der Waals surface area contributed by atoms with E-state index in [1.165, 1.54) is 6.20 Å². The van der Waals surface area contributed by atoms with Crippen LogP contribution < -0.4 is 16.0 Å². The molecule has 2 fully saturated rings. The van der Waals surface area contributed by atoms with Gasteiger partial charge in [-0.25, -0.2) is 9.78 Å². The normalized spacial score (nSPS) is 20.9.